The zero-order valence-corrected chi connectivity index (χ0v) is 19.9. The smallest absolute Gasteiger partial charge is 0.338 e. The number of rotatable bonds is 7. The normalized spacial score (nSPS) is 16.1. The quantitative estimate of drug-likeness (QED) is 0.360. The van der Waals surface area contributed by atoms with Crippen LogP contribution >= 0.6 is 0 Å². The maximum Gasteiger partial charge on any atom is 0.338 e. The highest BCUT2D eigenvalue weighted by Crippen LogP contribution is 2.32. The number of esters is 1. The van der Waals surface area contributed by atoms with Gasteiger partial charge in [-0.25, -0.2) is 14.1 Å². The van der Waals surface area contributed by atoms with Gasteiger partial charge in [-0.05, 0) is 67.9 Å². The zero-order valence-electron chi connectivity index (χ0n) is 19.9. The third-order valence-corrected chi connectivity index (χ3v) is 6.12. The first kappa shape index (κ1) is 24.8. The number of nitrogens with zero attached hydrogens (tertiary/aromatic N) is 2. The molecule has 8 heteroatoms. The monoisotopic (exact) mass is 488 g/mol. The summed E-state index contributed by atoms with van der Waals surface area (Å²) in [6.45, 7) is 3.71. The molecule has 4 rings (SSSR count). The summed E-state index contributed by atoms with van der Waals surface area (Å²) in [5, 5.41) is 0. The molecule has 0 radical (unpaired) electrons. The number of imide groups is 1. The lowest BCUT2D eigenvalue weighted by Gasteiger charge is -2.33. The summed E-state index contributed by atoms with van der Waals surface area (Å²) in [5.41, 5.74) is 1.58. The molecule has 1 aliphatic heterocycles. The Hall–Kier alpha value is -4.33. The van der Waals surface area contributed by atoms with Crippen LogP contribution < -0.4 is 4.90 Å². The van der Waals surface area contributed by atoms with Gasteiger partial charge in [-0.15, -0.1) is 0 Å². The number of amides is 3. The van der Waals surface area contributed by atoms with E-state index in [-0.39, 0.29) is 18.6 Å². The summed E-state index contributed by atoms with van der Waals surface area (Å²) in [6.07, 6.45) is -0.206. The average Bonchev–Trinajstić information content (AvgIpc) is 3.18. The molecule has 7 nitrogen and oxygen atoms in total. The van der Waals surface area contributed by atoms with Crippen molar-refractivity contribution in [1.82, 2.24) is 4.90 Å². The predicted molar refractivity (Wildman–Crippen MR) is 131 cm³/mol. The van der Waals surface area contributed by atoms with Crippen molar-refractivity contribution < 1.29 is 28.3 Å². The minimum atomic E-state index is -1.06. The Morgan fingerprint density at radius 1 is 0.972 bits per heavy atom. The maximum absolute atomic E-state index is 13.6. The van der Waals surface area contributed by atoms with Gasteiger partial charge in [-0.3, -0.25) is 14.4 Å². The van der Waals surface area contributed by atoms with Gasteiger partial charge < -0.3 is 9.64 Å². The lowest BCUT2D eigenvalue weighted by molar-refractivity contribution is -0.123. The molecule has 1 aliphatic rings. The van der Waals surface area contributed by atoms with E-state index in [1.54, 1.807) is 13.8 Å². The molecular formula is C28H25FN2O5. The van der Waals surface area contributed by atoms with E-state index >= 15 is 0 Å². The molecule has 36 heavy (non-hydrogen) atoms. The Morgan fingerprint density at radius 3 is 2.19 bits per heavy atom. The van der Waals surface area contributed by atoms with Crippen molar-refractivity contribution in [3.8, 4) is 0 Å². The minimum Gasteiger partial charge on any atom is -0.462 e. The number of anilines is 1. The maximum atomic E-state index is 13.6. The third-order valence-electron chi connectivity index (χ3n) is 6.12. The second-order valence-electron chi connectivity index (χ2n) is 8.36. The lowest BCUT2D eigenvalue weighted by atomic mass is 10.0. The zero-order chi connectivity index (χ0) is 25.8. The largest absolute Gasteiger partial charge is 0.462 e. The Balaban J connectivity index is 1.67. The van der Waals surface area contributed by atoms with Gasteiger partial charge in [0.1, 0.15) is 11.9 Å². The highest BCUT2D eigenvalue weighted by molar-refractivity contribution is 6.23. The molecular weight excluding hydrogens is 463 g/mol. The number of hydrogen-bond donors (Lipinski definition) is 0. The molecule has 0 bridgehead atoms. The summed E-state index contributed by atoms with van der Waals surface area (Å²) < 4.78 is 18.5. The first-order chi connectivity index (χ1) is 17.3. The van der Waals surface area contributed by atoms with Crippen LogP contribution in [0.4, 0.5) is 10.1 Å². The van der Waals surface area contributed by atoms with Gasteiger partial charge >= 0.3 is 5.97 Å². The van der Waals surface area contributed by atoms with E-state index in [0.717, 1.165) is 10.5 Å². The van der Waals surface area contributed by atoms with Crippen molar-refractivity contribution >= 4 is 29.4 Å². The summed E-state index contributed by atoms with van der Waals surface area (Å²) in [7, 11) is 0. The molecule has 2 unspecified atom stereocenters. The molecule has 0 saturated carbocycles. The first-order valence-electron chi connectivity index (χ1n) is 11.6. The predicted octanol–water partition coefficient (Wildman–Crippen LogP) is 4.54. The molecule has 3 amide bonds. The van der Waals surface area contributed by atoms with Crippen molar-refractivity contribution in [2.45, 2.75) is 32.4 Å². The fourth-order valence-electron chi connectivity index (χ4n) is 4.29. The fraction of sp³-hybridized carbons (Fsp3) is 0.214. The van der Waals surface area contributed by atoms with Crippen molar-refractivity contribution in [1.29, 1.82) is 0 Å². The number of ether oxygens (including phenoxy) is 1. The average molecular weight is 489 g/mol. The summed E-state index contributed by atoms with van der Waals surface area (Å²) in [5.74, 6) is -2.50. The molecule has 3 aromatic rings. The molecule has 0 aromatic heterocycles. The first-order valence-corrected chi connectivity index (χ1v) is 11.6. The van der Waals surface area contributed by atoms with E-state index in [1.807, 2.05) is 30.3 Å². The highest BCUT2D eigenvalue weighted by atomic mass is 19.1. The second-order valence-corrected chi connectivity index (χ2v) is 8.36. The van der Waals surface area contributed by atoms with Gasteiger partial charge in [0, 0.05) is 5.56 Å². The summed E-state index contributed by atoms with van der Waals surface area (Å²) >= 11 is 0. The van der Waals surface area contributed by atoms with E-state index in [0.29, 0.717) is 11.3 Å². The van der Waals surface area contributed by atoms with Gasteiger partial charge in [0.05, 0.1) is 30.3 Å². The van der Waals surface area contributed by atoms with E-state index in [1.165, 1.54) is 53.4 Å². The molecule has 0 aliphatic carbocycles. The lowest BCUT2D eigenvalue weighted by Crippen LogP contribution is -2.46. The van der Waals surface area contributed by atoms with Crippen LogP contribution in [-0.4, -0.2) is 41.2 Å². The van der Waals surface area contributed by atoms with Crippen molar-refractivity contribution in [2.75, 3.05) is 11.5 Å². The molecule has 1 fully saturated rings. The van der Waals surface area contributed by atoms with Crippen LogP contribution in [0.25, 0.3) is 0 Å². The molecule has 1 heterocycles. The van der Waals surface area contributed by atoms with E-state index in [4.69, 9.17) is 4.74 Å². The Bertz CT molecular complexity index is 1280. The van der Waals surface area contributed by atoms with Crippen molar-refractivity contribution in [3.05, 3.63) is 101 Å². The van der Waals surface area contributed by atoms with Crippen molar-refractivity contribution in [3.63, 3.8) is 0 Å². The molecule has 3 aromatic carbocycles. The highest BCUT2D eigenvalue weighted by Gasteiger charge is 2.46. The number of carbonyl (C=O) groups excluding carboxylic acids is 4. The van der Waals surface area contributed by atoms with E-state index < -0.39 is 41.6 Å². The van der Waals surface area contributed by atoms with Crippen LogP contribution in [0.3, 0.4) is 0 Å². The topological polar surface area (TPSA) is 84.0 Å². The number of benzene rings is 3. The number of hydrogen-bond acceptors (Lipinski definition) is 5. The Labute approximate surface area is 208 Å². The molecule has 1 saturated heterocycles. The third kappa shape index (κ3) is 4.88. The number of carbonyl (C=O) groups is 4. The van der Waals surface area contributed by atoms with Gasteiger partial charge in [0.2, 0.25) is 5.91 Å². The van der Waals surface area contributed by atoms with Crippen LogP contribution in [0.1, 0.15) is 52.6 Å². The minimum absolute atomic E-state index is 0.205. The summed E-state index contributed by atoms with van der Waals surface area (Å²) in [4.78, 5) is 54.5. The Morgan fingerprint density at radius 2 is 1.58 bits per heavy atom. The van der Waals surface area contributed by atoms with Crippen LogP contribution in [0, 0.1) is 5.82 Å². The molecule has 184 valence electrons. The molecule has 0 N–H and O–H groups in total. The van der Waals surface area contributed by atoms with Crippen molar-refractivity contribution in [2.24, 2.45) is 0 Å². The van der Waals surface area contributed by atoms with E-state index in [9.17, 15) is 23.6 Å². The van der Waals surface area contributed by atoms with Crippen LogP contribution in [0.15, 0.2) is 78.9 Å². The second kappa shape index (κ2) is 10.5. The van der Waals surface area contributed by atoms with E-state index in [2.05, 4.69) is 0 Å². The standard InChI is InChI=1S/C28H25FN2O5/c1-3-36-28(35)21-11-15-23(16-12-21)31-25(32)17-24(27(31)34)30(18(2)19-7-5-4-6-8-19)26(33)20-9-13-22(29)14-10-20/h4-16,18,24H,3,17H2,1-2H3. The fourth-order valence-corrected chi connectivity index (χ4v) is 4.29. The SMILES string of the molecule is CCOC(=O)c1ccc(N2C(=O)CC(N(C(=O)c3ccc(F)cc3)C(C)c3ccccc3)C2=O)cc1. The summed E-state index contributed by atoms with van der Waals surface area (Å²) in [6, 6.07) is 18.6. The van der Waals surface area contributed by atoms with Gasteiger partial charge in [0.15, 0.2) is 0 Å². The number of halogens is 1. The molecule has 0 spiro atoms. The van der Waals surface area contributed by atoms with Gasteiger partial charge in [0.25, 0.3) is 11.8 Å². The van der Waals surface area contributed by atoms with Gasteiger partial charge in [-0.2, -0.15) is 0 Å². The van der Waals surface area contributed by atoms with Crippen LogP contribution in [0.2, 0.25) is 0 Å². The van der Waals surface area contributed by atoms with Crippen LogP contribution in [0.5, 0.6) is 0 Å². The van der Waals surface area contributed by atoms with Crippen LogP contribution in [-0.2, 0) is 14.3 Å². The molecule has 2 atom stereocenters. The Kier molecular flexibility index (Phi) is 7.24. The van der Waals surface area contributed by atoms with Gasteiger partial charge in [-0.1, -0.05) is 30.3 Å².